The van der Waals surface area contributed by atoms with Gasteiger partial charge in [0.1, 0.15) is 18.9 Å². The molecule has 4 aromatic carbocycles. The second kappa shape index (κ2) is 11.0. The van der Waals surface area contributed by atoms with Gasteiger partial charge in [0.15, 0.2) is 0 Å². The molecule has 6 nitrogen and oxygen atoms in total. The van der Waals surface area contributed by atoms with Crippen LogP contribution in [0.25, 0.3) is 10.8 Å². The monoisotopic (exact) mass is 522 g/mol. The van der Waals surface area contributed by atoms with Gasteiger partial charge in [0.25, 0.3) is 10.0 Å². The Labute approximate surface area is 216 Å². The third-order valence-corrected chi connectivity index (χ3v) is 7.94. The van der Waals surface area contributed by atoms with E-state index in [0.717, 1.165) is 32.0 Å². The summed E-state index contributed by atoms with van der Waals surface area (Å²) in [4.78, 5) is 12.9. The number of amides is 1. The molecule has 1 amide bonds. The minimum absolute atomic E-state index is 0.0530. The SMILES string of the molecule is Cc1ccc(N(CC(=O)NCCOc2cccc3ccccc23)S(=O)(=O)c2ccc(Cl)cc2)cc1C. The zero-order valence-corrected chi connectivity index (χ0v) is 21.6. The van der Waals surface area contributed by atoms with Crippen molar-refractivity contribution in [1.82, 2.24) is 5.32 Å². The number of ether oxygens (including phenoxy) is 1. The van der Waals surface area contributed by atoms with E-state index >= 15 is 0 Å². The van der Waals surface area contributed by atoms with Gasteiger partial charge in [-0.05, 0) is 72.8 Å². The molecule has 0 aromatic heterocycles. The van der Waals surface area contributed by atoms with Crippen molar-refractivity contribution in [3.8, 4) is 5.75 Å². The van der Waals surface area contributed by atoms with Gasteiger partial charge in [-0.1, -0.05) is 54.1 Å². The molecule has 0 unspecified atom stereocenters. The Morgan fingerprint density at radius 2 is 1.64 bits per heavy atom. The van der Waals surface area contributed by atoms with Crippen LogP contribution < -0.4 is 14.4 Å². The Bertz CT molecular complexity index is 1480. The fourth-order valence-electron chi connectivity index (χ4n) is 3.79. The van der Waals surface area contributed by atoms with Crippen molar-refractivity contribution >= 4 is 44.0 Å². The first-order valence-electron chi connectivity index (χ1n) is 11.5. The molecule has 0 fully saturated rings. The highest BCUT2D eigenvalue weighted by Gasteiger charge is 2.27. The van der Waals surface area contributed by atoms with Crippen LogP contribution >= 0.6 is 11.6 Å². The summed E-state index contributed by atoms with van der Waals surface area (Å²) in [6, 6.07) is 24.9. The molecule has 36 heavy (non-hydrogen) atoms. The van der Waals surface area contributed by atoms with E-state index in [1.807, 2.05) is 62.4 Å². The maximum atomic E-state index is 13.5. The molecule has 0 radical (unpaired) electrons. The Morgan fingerprint density at radius 3 is 2.39 bits per heavy atom. The topological polar surface area (TPSA) is 75.7 Å². The number of hydrogen-bond acceptors (Lipinski definition) is 4. The summed E-state index contributed by atoms with van der Waals surface area (Å²) in [7, 11) is -4.01. The lowest BCUT2D eigenvalue weighted by molar-refractivity contribution is -0.119. The summed E-state index contributed by atoms with van der Waals surface area (Å²) in [5, 5.41) is 5.25. The number of carbonyl (C=O) groups excluding carboxylic acids is 1. The van der Waals surface area contributed by atoms with Crippen LogP contribution in [0.15, 0.2) is 89.8 Å². The van der Waals surface area contributed by atoms with Crippen molar-refractivity contribution in [1.29, 1.82) is 0 Å². The molecule has 0 saturated carbocycles. The highest BCUT2D eigenvalue weighted by molar-refractivity contribution is 7.92. The number of sulfonamides is 1. The number of aryl methyl sites for hydroxylation is 2. The van der Waals surface area contributed by atoms with E-state index in [4.69, 9.17) is 16.3 Å². The number of rotatable bonds is 9. The third-order valence-electron chi connectivity index (χ3n) is 5.90. The van der Waals surface area contributed by atoms with Crippen molar-refractivity contribution in [2.75, 3.05) is 24.0 Å². The van der Waals surface area contributed by atoms with Gasteiger partial charge in [0.05, 0.1) is 17.1 Å². The molecule has 0 aliphatic rings. The largest absolute Gasteiger partial charge is 0.491 e. The van der Waals surface area contributed by atoms with Crippen LogP contribution in [-0.4, -0.2) is 34.0 Å². The molecule has 4 aromatic rings. The Hall–Kier alpha value is -3.55. The summed E-state index contributed by atoms with van der Waals surface area (Å²) in [6.45, 7) is 3.94. The predicted molar refractivity (Wildman–Crippen MR) is 144 cm³/mol. The van der Waals surface area contributed by atoms with Crippen LogP contribution in [0.2, 0.25) is 5.02 Å². The number of hydrogen-bond donors (Lipinski definition) is 1. The van der Waals surface area contributed by atoms with Gasteiger partial charge in [0.2, 0.25) is 5.91 Å². The maximum Gasteiger partial charge on any atom is 0.264 e. The molecule has 0 heterocycles. The van der Waals surface area contributed by atoms with Crippen LogP contribution in [0.5, 0.6) is 5.75 Å². The van der Waals surface area contributed by atoms with Crippen molar-refractivity contribution in [2.45, 2.75) is 18.7 Å². The van der Waals surface area contributed by atoms with E-state index < -0.39 is 15.9 Å². The van der Waals surface area contributed by atoms with Gasteiger partial charge in [-0.3, -0.25) is 9.10 Å². The smallest absolute Gasteiger partial charge is 0.264 e. The first kappa shape index (κ1) is 25.5. The quantitative estimate of drug-likeness (QED) is 0.294. The second-order valence-corrected chi connectivity index (χ2v) is 10.7. The van der Waals surface area contributed by atoms with Crippen LogP contribution in [0.3, 0.4) is 0 Å². The lowest BCUT2D eigenvalue weighted by Crippen LogP contribution is -2.42. The Kier molecular flexibility index (Phi) is 7.82. The zero-order valence-electron chi connectivity index (χ0n) is 20.1. The summed E-state index contributed by atoms with van der Waals surface area (Å²) >= 11 is 5.94. The number of anilines is 1. The first-order valence-corrected chi connectivity index (χ1v) is 13.3. The van der Waals surface area contributed by atoms with Crippen molar-refractivity contribution < 1.29 is 17.9 Å². The molecule has 4 rings (SSSR count). The summed E-state index contributed by atoms with van der Waals surface area (Å²) in [5.74, 6) is 0.289. The number of halogens is 1. The maximum absolute atomic E-state index is 13.5. The number of carbonyl (C=O) groups is 1. The van der Waals surface area contributed by atoms with Crippen LogP contribution in [0.4, 0.5) is 5.69 Å². The van der Waals surface area contributed by atoms with Crippen LogP contribution in [0.1, 0.15) is 11.1 Å². The molecule has 0 aliphatic carbocycles. The van der Waals surface area contributed by atoms with Crippen LogP contribution in [0, 0.1) is 13.8 Å². The molecule has 0 bridgehead atoms. The van der Waals surface area contributed by atoms with E-state index in [1.54, 1.807) is 12.1 Å². The fraction of sp³-hybridized carbons (Fsp3) is 0.179. The molecule has 0 atom stereocenters. The van der Waals surface area contributed by atoms with Gasteiger partial charge in [-0.25, -0.2) is 8.42 Å². The van der Waals surface area contributed by atoms with Gasteiger partial charge in [-0.2, -0.15) is 0 Å². The second-order valence-electron chi connectivity index (χ2n) is 8.41. The summed E-state index contributed by atoms with van der Waals surface area (Å²) in [5.41, 5.74) is 2.36. The number of benzene rings is 4. The van der Waals surface area contributed by atoms with Crippen molar-refractivity contribution in [3.05, 3.63) is 101 Å². The molecule has 186 valence electrons. The molecule has 0 saturated heterocycles. The number of nitrogens with zero attached hydrogens (tertiary/aromatic N) is 1. The fourth-order valence-corrected chi connectivity index (χ4v) is 5.33. The average molecular weight is 523 g/mol. The van der Waals surface area contributed by atoms with E-state index in [9.17, 15) is 13.2 Å². The summed E-state index contributed by atoms with van der Waals surface area (Å²) < 4.78 is 34.0. The minimum atomic E-state index is -4.01. The highest BCUT2D eigenvalue weighted by Crippen LogP contribution is 2.27. The molecule has 8 heteroatoms. The zero-order chi connectivity index (χ0) is 25.7. The van der Waals surface area contributed by atoms with Gasteiger partial charge in [0, 0.05) is 10.4 Å². The number of fused-ring (bicyclic) bond motifs is 1. The third kappa shape index (κ3) is 5.80. The van der Waals surface area contributed by atoms with E-state index in [0.29, 0.717) is 10.7 Å². The molecule has 0 spiro atoms. The van der Waals surface area contributed by atoms with Gasteiger partial charge >= 0.3 is 0 Å². The Balaban J connectivity index is 1.47. The predicted octanol–water partition coefficient (Wildman–Crippen LogP) is 5.50. The van der Waals surface area contributed by atoms with Crippen LogP contribution in [-0.2, 0) is 14.8 Å². The molecular weight excluding hydrogens is 496 g/mol. The highest BCUT2D eigenvalue weighted by atomic mass is 35.5. The van der Waals surface area contributed by atoms with Crippen molar-refractivity contribution in [2.24, 2.45) is 0 Å². The lowest BCUT2D eigenvalue weighted by Gasteiger charge is -2.25. The van der Waals surface area contributed by atoms with Gasteiger partial charge < -0.3 is 10.1 Å². The van der Waals surface area contributed by atoms with E-state index in [2.05, 4.69) is 5.32 Å². The van der Waals surface area contributed by atoms with E-state index in [1.165, 1.54) is 24.3 Å². The summed E-state index contributed by atoms with van der Waals surface area (Å²) in [6.07, 6.45) is 0. The average Bonchev–Trinajstić information content (AvgIpc) is 2.87. The lowest BCUT2D eigenvalue weighted by atomic mass is 10.1. The first-order chi connectivity index (χ1) is 17.3. The number of nitrogens with one attached hydrogen (secondary N) is 1. The normalized spacial score (nSPS) is 11.3. The minimum Gasteiger partial charge on any atom is -0.491 e. The molecule has 1 N–H and O–H groups in total. The van der Waals surface area contributed by atoms with Gasteiger partial charge in [-0.15, -0.1) is 0 Å². The molecule has 0 aliphatic heterocycles. The molecular formula is C28H27ClN2O4S. The van der Waals surface area contributed by atoms with Crippen molar-refractivity contribution in [3.63, 3.8) is 0 Å². The van der Waals surface area contributed by atoms with E-state index in [-0.39, 0.29) is 24.6 Å². The standard InChI is InChI=1S/C28H27ClN2O4S/c1-20-10-13-24(18-21(20)2)31(36(33,34)25-14-11-23(29)12-15-25)19-28(32)30-16-17-35-27-9-5-7-22-6-3-4-8-26(22)27/h3-15,18H,16-17,19H2,1-2H3,(H,30,32). The Morgan fingerprint density at radius 1 is 0.917 bits per heavy atom.